The Morgan fingerprint density at radius 3 is 2.81 bits per heavy atom. The number of rotatable bonds is 4. The summed E-state index contributed by atoms with van der Waals surface area (Å²) in [5, 5.41) is -0.534. The average Bonchev–Trinajstić information content (AvgIpc) is 2.46. The normalized spacial score (nSPS) is 20.0. The number of thioether (sulfide) groups is 1. The molecule has 2 N–H and O–H groups in total. The molecule has 0 bridgehead atoms. The van der Waals surface area contributed by atoms with Gasteiger partial charge in [0.2, 0.25) is 0 Å². The van der Waals surface area contributed by atoms with Crippen LogP contribution in [-0.4, -0.2) is 47.6 Å². The van der Waals surface area contributed by atoms with Crippen molar-refractivity contribution >= 4 is 33.2 Å². The molecule has 1 aromatic rings. The summed E-state index contributed by atoms with van der Waals surface area (Å²) in [7, 11) is -3.17. The van der Waals surface area contributed by atoms with Crippen molar-refractivity contribution in [3.8, 4) is 0 Å². The van der Waals surface area contributed by atoms with Gasteiger partial charge in [-0.05, 0) is 5.92 Å². The summed E-state index contributed by atoms with van der Waals surface area (Å²) in [5.41, 5.74) is 6.82. The molecule has 2 rings (SSSR count). The molecule has 0 aromatic carbocycles. The van der Waals surface area contributed by atoms with Crippen LogP contribution in [0.5, 0.6) is 0 Å². The topological polar surface area (TPSA) is 89.2 Å². The van der Waals surface area contributed by atoms with Crippen molar-refractivity contribution in [3.63, 3.8) is 0 Å². The van der Waals surface area contributed by atoms with E-state index in [4.69, 9.17) is 5.73 Å². The lowest BCUT2D eigenvalue weighted by molar-refractivity contribution is 0.578. The third kappa shape index (κ3) is 3.26. The second kappa shape index (κ2) is 6.39. The lowest BCUT2D eigenvalue weighted by atomic mass is 10.0. The molecule has 1 aliphatic rings. The van der Waals surface area contributed by atoms with Gasteiger partial charge in [0.05, 0.1) is 0 Å². The molecule has 1 fully saturated rings. The van der Waals surface area contributed by atoms with Crippen molar-refractivity contribution in [2.45, 2.75) is 32.1 Å². The van der Waals surface area contributed by atoms with Gasteiger partial charge in [0, 0.05) is 29.4 Å². The van der Waals surface area contributed by atoms with Gasteiger partial charge in [-0.15, -0.1) is 0 Å². The van der Waals surface area contributed by atoms with Crippen LogP contribution in [0, 0.1) is 0 Å². The number of nitrogens with two attached hydrogens (primary N) is 1. The third-order valence-electron chi connectivity index (χ3n) is 3.64. The van der Waals surface area contributed by atoms with E-state index in [2.05, 4.69) is 9.97 Å². The van der Waals surface area contributed by atoms with Crippen LogP contribution in [-0.2, 0) is 9.84 Å². The number of hydrogen-bond donors (Lipinski definition) is 1. The van der Waals surface area contributed by atoms with Gasteiger partial charge >= 0.3 is 0 Å². The molecule has 1 unspecified atom stereocenters. The lowest BCUT2D eigenvalue weighted by Crippen LogP contribution is -2.48. The summed E-state index contributed by atoms with van der Waals surface area (Å²) < 4.78 is 24.7. The molecule has 6 nitrogen and oxygen atoms in total. The molecular formula is C13H22N4O2S2. The van der Waals surface area contributed by atoms with Crippen LogP contribution in [0.1, 0.15) is 32.3 Å². The maximum absolute atomic E-state index is 12.4. The van der Waals surface area contributed by atoms with E-state index in [0.29, 0.717) is 23.9 Å². The molecule has 0 amide bonds. The molecule has 0 radical (unpaired) electrons. The fraction of sp³-hybridized carbons (Fsp3) is 0.692. The van der Waals surface area contributed by atoms with Gasteiger partial charge in [0.1, 0.15) is 23.3 Å². The van der Waals surface area contributed by atoms with Gasteiger partial charge in [-0.3, -0.25) is 0 Å². The van der Waals surface area contributed by atoms with E-state index in [0.717, 1.165) is 11.3 Å². The molecule has 1 aliphatic heterocycles. The molecule has 1 atom stereocenters. The van der Waals surface area contributed by atoms with Crippen molar-refractivity contribution in [2.24, 2.45) is 0 Å². The second-order valence-corrected chi connectivity index (χ2v) is 8.92. The van der Waals surface area contributed by atoms with Crippen LogP contribution >= 0.6 is 11.8 Å². The zero-order valence-corrected chi connectivity index (χ0v) is 14.2. The van der Waals surface area contributed by atoms with Crippen molar-refractivity contribution in [2.75, 3.05) is 34.4 Å². The maximum atomic E-state index is 12.4. The van der Waals surface area contributed by atoms with Crippen LogP contribution in [0.4, 0.5) is 11.6 Å². The summed E-state index contributed by atoms with van der Waals surface area (Å²) in [4.78, 5) is 10.3. The standard InChI is InChI=1S/C13H22N4O2S2/c1-4-21(18,19)10-7-20-6-5-17(10)13-11(9(2)3)12(14)15-8-16-13/h8-10H,4-7H2,1-3H3,(H2,14,15,16). The first-order valence-electron chi connectivity index (χ1n) is 7.04. The highest BCUT2D eigenvalue weighted by Crippen LogP contribution is 2.33. The monoisotopic (exact) mass is 330 g/mol. The van der Waals surface area contributed by atoms with E-state index in [1.807, 2.05) is 18.7 Å². The Balaban J connectivity index is 2.50. The number of sulfone groups is 1. The highest BCUT2D eigenvalue weighted by Gasteiger charge is 2.35. The SMILES string of the molecule is CCS(=O)(=O)C1CSCCN1c1ncnc(N)c1C(C)C. The minimum absolute atomic E-state index is 0.131. The molecule has 0 saturated carbocycles. The van der Waals surface area contributed by atoms with Crippen LogP contribution in [0.25, 0.3) is 0 Å². The first kappa shape index (κ1) is 16.4. The van der Waals surface area contributed by atoms with E-state index >= 15 is 0 Å². The van der Waals surface area contributed by atoms with Crippen LogP contribution < -0.4 is 10.6 Å². The summed E-state index contributed by atoms with van der Waals surface area (Å²) >= 11 is 1.67. The maximum Gasteiger partial charge on any atom is 0.171 e. The van der Waals surface area contributed by atoms with Gasteiger partial charge in [-0.2, -0.15) is 11.8 Å². The number of anilines is 2. The van der Waals surface area contributed by atoms with Crippen molar-refractivity contribution in [1.29, 1.82) is 0 Å². The van der Waals surface area contributed by atoms with Crippen molar-refractivity contribution < 1.29 is 8.42 Å². The Bertz CT molecular complexity index is 604. The lowest BCUT2D eigenvalue weighted by Gasteiger charge is -2.37. The Morgan fingerprint density at radius 2 is 2.19 bits per heavy atom. The number of nitrogens with zero attached hydrogens (tertiary/aromatic N) is 3. The second-order valence-electron chi connectivity index (χ2n) is 5.33. The van der Waals surface area contributed by atoms with Gasteiger partial charge < -0.3 is 10.6 Å². The molecule has 0 aliphatic carbocycles. The van der Waals surface area contributed by atoms with E-state index in [1.54, 1.807) is 18.7 Å². The number of nitrogen functional groups attached to an aromatic ring is 1. The van der Waals surface area contributed by atoms with Gasteiger partial charge in [-0.25, -0.2) is 18.4 Å². The summed E-state index contributed by atoms with van der Waals surface area (Å²) in [5.74, 6) is 2.82. The minimum atomic E-state index is -3.17. The van der Waals surface area contributed by atoms with Crippen molar-refractivity contribution in [3.05, 3.63) is 11.9 Å². The van der Waals surface area contributed by atoms with Crippen LogP contribution in [0.3, 0.4) is 0 Å². The highest BCUT2D eigenvalue weighted by atomic mass is 32.2. The Kier molecular flexibility index (Phi) is 4.98. The number of aromatic nitrogens is 2. The molecule has 0 spiro atoms. The van der Waals surface area contributed by atoms with E-state index in [-0.39, 0.29) is 11.7 Å². The van der Waals surface area contributed by atoms with E-state index < -0.39 is 15.2 Å². The van der Waals surface area contributed by atoms with E-state index in [9.17, 15) is 8.42 Å². The van der Waals surface area contributed by atoms with Gasteiger partial charge in [0.25, 0.3) is 0 Å². The molecular weight excluding hydrogens is 308 g/mol. The summed E-state index contributed by atoms with van der Waals surface area (Å²) in [6.07, 6.45) is 1.41. The third-order valence-corrected chi connectivity index (χ3v) is 6.93. The van der Waals surface area contributed by atoms with Crippen LogP contribution in [0.15, 0.2) is 6.33 Å². The highest BCUT2D eigenvalue weighted by molar-refractivity contribution is 8.01. The average molecular weight is 330 g/mol. The van der Waals surface area contributed by atoms with Crippen LogP contribution in [0.2, 0.25) is 0 Å². The predicted molar refractivity (Wildman–Crippen MR) is 88.5 cm³/mol. The largest absolute Gasteiger partial charge is 0.383 e. The smallest absolute Gasteiger partial charge is 0.171 e. The molecule has 2 heterocycles. The van der Waals surface area contributed by atoms with E-state index in [1.165, 1.54) is 6.33 Å². The summed E-state index contributed by atoms with van der Waals surface area (Å²) in [6.45, 7) is 6.37. The first-order chi connectivity index (χ1) is 9.88. The minimum Gasteiger partial charge on any atom is -0.383 e. The zero-order valence-electron chi connectivity index (χ0n) is 12.6. The first-order valence-corrected chi connectivity index (χ1v) is 9.91. The van der Waals surface area contributed by atoms with Gasteiger partial charge in [0.15, 0.2) is 9.84 Å². The fourth-order valence-corrected chi connectivity index (χ4v) is 5.47. The molecule has 118 valence electrons. The number of hydrogen-bond acceptors (Lipinski definition) is 7. The quantitative estimate of drug-likeness (QED) is 0.894. The molecule has 8 heteroatoms. The Hall–Kier alpha value is -1.02. The molecule has 1 saturated heterocycles. The summed E-state index contributed by atoms with van der Waals surface area (Å²) in [6, 6.07) is 0. The van der Waals surface area contributed by atoms with Gasteiger partial charge in [-0.1, -0.05) is 20.8 Å². The Labute approximate surface area is 130 Å². The fourth-order valence-electron chi connectivity index (χ4n) is 2.50. The molecule has 1 aromatic heterocycles. The Morgan fingerprint density at radius 1 is 1.48 bits per heavy atom. The van der Waals surface area contributed by atoms with Crippen molar-refractivity contribution in [1.82, 2.24) is 9.97 Å². The zero-order chi connectivity index (χ0) is 15.6. The molecule has 21 heavy (non-hydrogen) atoms. The predicted octanol–water partition coefficient (Wildman–Crippen LogP) is 1.50.